The quantitative estimate of drug-likeness (QED) is 0.548. The maximum atomic E-state index is 12.9. The van der Waals surface area contributed by atoms with Crippen molar-refractivity contribution in [3.05, 3.63) is 49.7 Å². The van der Waals surface area contributed by atoms with Gasteiger partial charge in [0.1, 0.15) is 18.5 Å². The minimum atomic E-state index is -0.885. The summed E-state index contributed by atoms with van der Waals surface area (Å²) in [4.78, 5) is 15.0. The van der Waals surface area contributed by atoms with Crippen molar-refractivity contribution in [3.8, 4) is 5.75 Å². The van der Waals surface area contributed by atoms with Crippen molar-refractivity contribution in [2.75, 3.05) is 13.2 Å². The lowest BCUT2D eigenvalue weighted by atomic mass is 9.97. The molecule has 0 spiro atoms. The van der Waals surface area contributed by atoms with Crippen LogP contribution in [0, 0.1) is 33.6 Å². The second-order valence-corrected chi connectivity index (χ2v) is 9.54. The summed E-state index contributed by atoms with van der Waals surface area (Å²) in [5, 5.41) is 18.4. The molecule has 0 bridgehead atoms. The van der Waals surface area contributed by atoms with Crippen LogP contribution in [0.1, 0.15) is 62.6 Å². The van der Waals surface area contributed by atoms with Crippen molar-refractivity contribution in [3.63, 3.8) is 0 Å². The van der Waals surface area contributed by atoms with Crippen molar-refractivity contribution in [1.82, 2.24) is 0 Å². The van der Waals surface area contributed by atoms with Gasteiger partial charge in [-0.05, 0) is 74.3 Å². The average Bonchev–Trinajstić information content (AvgIpc) is 2.93. The Labute approximate surface area is 178 Å². The van der Waals surface area contributed by atoms with E-state index in [2.05, 4.69) is 27.7 Å². The van der Waals surface area contributed by atoms with E-state index in [1.165, 1.54) is 10.4 Å². The number of carbonyl (C=O) groups excluding carboxylic acids is 1. The molecule has 0 amide bonds. The molecule has 0 aliphatic rings. The first-order valence-electron chi connectivity index (χ1n) is 10.3. The number of carbonyl (C=O) groups is 1. The maximum absolute atomic E-state index is 12.9. The first-order chi connectivity index (χ1) is 13.6. The van der Waals surface area contributed by atoms with E-state index >= 15 is 0 Å². The standard InChI is InChI=1S/C24H34O4S/c1-14(2)9-21-17(5)24(29-18(21)6)22(27)8-7-19-10-15(3)23(16(4)11-19)28-13-20(26)12-25/h10-11,14,20,25-26H,7-9,12-13H2,1-6H3/t20-/m1/s1. The summed E-state index contributed by atoms with van der Waals surface area (Å²) in [6.45, 7) is 12.3. The number of Topliss-reactive ketones (excluding diaryl/α,β-unsaturated/α-hetero) is 1. The molecule has 5 heteroatoms. The Balaban J connectivity index is 2.07. The smallest absolute Gasteiger partial charge is 0.173 e. The Hall–Kier alpha value is -1.69. The van der Waals surface area contributed by atoms with Crippen LogP contribution >= 0.6 is 11.3 Å². The Morgan fingerprint density at radius 1 is 1.14 bits per heavy atom. The molecule has 2 rings (SSSR count). The predicted octanol–water partition coefficient (Wildman–Crippen LogP) is 4.73. The number of rotatable bonds is 10. The van der Waals surface area contributed by atoms with Crippen molar-refractivity contribution < 1.29 is 19.7 Å². The van der Waals surface area contributed by atoms with Crippen LogP contribution in [0.5, 0.6) is 5.75 Å². The summed E-state index contributed by atoms with van der Waals surface area (Å²) in [5.41, 5.74) is 5.55. The van der Waals surface area contributed by atoms with Gasteiger partial charge in [0.25, 0.3) is 0 Å². The molecule has 1 heterocycles. The van der Waals surface area contributed by atoms with E-state index in [0.717, 1.165) is 39.3 Å². The van der Waals surface area contributed by atoms with Crippen molar-refractivity contribution in [1.29, 1.82) is 0 Å². The number of benzene rings is 1. The molecule has 29 heavy (non-hydrogen) atoms. The van der Waals surface area contributed by atoms with Crippen LogP contribution in [-0.2, 0) is 12.8 Å². The zero-order valence-corrected chi connectivity index (χ0v) is 19.3. The SMILES string of the molecule is Cc1cc(CCC(=O)c2sc(C)c(CC(C)C)c2C)cc(C)c1OC[C@H](O)CO. The third-order valence-electron chi connectivity index (χ3n) is 5.13. The third-order valence-corrected chi connectivity index (χ3v) is 6.42. The molecular formula is C24H34O4S. The van der Waals surface area contributed by atoms with E-state index < -0.39 is 6.10 Å². The first-order valence-corrected chi connectivity index (χ1v) is 11.1. The molecule has 0 fully saturated rings. The number of hydrogen-bond acceptors (Lipinski definition) is 5. The zero-order chi connectivity index (χ0) is 21.7. The van der Waals surface area contributed by atoms with E-state index in [0.29, 0.717) is 18.8 Å². The second-order valence-electron chi connectivity index (χ2n) is 8.32. The van der Waals surface area contributed by atoms with E-state index in [-0.39, 0.29) is 19.0 Å². The molecule has 0 saturated heterocycles. The van der Waals surface area contributed by atoms with E-state index in [4.69, 9.17) is 9.84 Å². The van der Waals surface area contributed by atoms with Crippen molar-refractivity contribution in [2.45, 2.75) is 66.9 Å². The molecule has 0 aliphatic heterocycles. The van der Waals surface area contributed by atoms with E-state index in [1.807, 2.05) is 26.0 Å². The number of aliphatic hydroxyl groups is 2. The van der Waals surface area contributed by atoms with E-state index in [9.17, 15) is 9.90 Å². The number of ether oxygens (including phenoxy) is 1. The fourth-order valence-corrected chi connectivity index (χ4v) is 4.84. The van der Waals surface area contributed by atoms with Gasteiger partial charge >= 0.3 is 0 Å². The first kappa shape index (κ1) is 23.6. The summed E-state index contributed by atoms with van der Waals surface area (Å²) >= 11 is 1.63. The Morgan fingerprint density at radius 2 is 1.76 bits per heavy atom. The molecule has 1 aromatic carbocycles. The van der Waals surface area contributed by atoms with Gasteiger partial charge in [-0.15, -0.1) is 11.3 Å². The van der Waals surface area contributed by atoms with Gasteiger partial charge in [0, 0.05) is 11.3 Å². The molecule has 2 N–H and O–H groups in total. The lowest BCUT2D eigenvalue weighted by Crippen LogP contribution is -2.21. The van der Waals surface area contributed by atoms with Crippen LogP contribution in [0.4, 0.5) is 0 Å². The number of aliphatic hydroxyl groups excluding tert-OH is 2. The number of aryl methyl sites for hydroxylation is 4. The van der Waals surface area contributed by atoms with Gasteiger partial charge in [0.05, 0.1) is 11.5 Å². The van der Waals surface area contributed by atoms with E-state index in [1.54, 1.807) is 11.3 Å². The minimum Gasteiger partial charge on any atom is -0.490 e. The van der Waals surface area contributed by atoms with Gasteiger partial charge in [0.15, 0.2) is 5.78 Å². The van der Waals surface area contributed by atoms with Crippen molar-refractivity contribution >= 4 is 17.1 Å². The van der Waals surface area contributed by atoms with Crippen LogP contribution in [0.3, 0.4) is 0 Å². The lowest BCUT2D eigenvalue weighted by molar-refractivity contribution is 0.0531. The molecule has 1 atom stereocenters. The maximum Gasteiger partial charge on any atom is 0.173 e. The Kier molecular flexibility index (Phi) is 8.44. The topological polar surface area (TPSA) is 66.8 Å². The average molecular weight is 419 g/mol. The van der Waals surface area contributed by atoms with Gasteiger partial charge in [-0.3, -0.25) is 4.79 Å². The molecule has 0 saturated carbocycles. The number of hydrogen-bond donors (Lipinski definition) is 2. The molecular weight excluding hydrogens is 384 g/mol. The number of thiophene rings is 1. The fraction of sp³-hybridized carbons (Fsp3) is 0.542. The van der Waals surface area contributed by atoms with Gasteiger partial charge in [-0.2, -0.15) is 0 Å². The normalized spacial score (nSPS) is 12.4. The zero-order valence-electron chi connectivity index (χ0n) is 18.5. The molecule has 0 aliphatic carbocycles. The molecule has 2 aromatic rings. The third kappa shape index (κ3) is 6.14. The molecule has 1 aromatic heterocycles. The lowest BCUT2D eigenvalue weighted by Gasteiger charge is -2.16. The van der Waals surface area contributed by atoms with Crippen LogP contribution < -0.4 is 4.74 Å². The molecule has 4 nitrogen and oxygen atoms in total. The predicted molar refractivity (Wildman–Crippen MR) is 119 cm³/mol. The van der Waals surface area contributed by atoms with Gasteiger partial charge in [-0.1, -0.05) is 26.0 Å². The van der Waals surface area contributed by atoms with Crippen molar-refractivity contribution in [2.24, 2.45) is 5.92 Å². The van der Waals surface area contributed by atoms with Crippen LogP contribution in [0.25, 0.3) is 0 Å². The Morgan fingerprint density at radius 3 is 2.31 bits per heavy atom. The van der Waals surface area contributed by atoms with Crippen LogP contribution in [-0.4, -0.2) is 35.3 Å². The fourth-order valence-electron chi connectivity index (χ4n) is 3.68. The monoisotopic (exact) mass is 418 g/mol. The summed E-state index contributed by atoms with van der Waals surface area (Å²) in [5.74, 6) is 1.53. The highest BCUT2D eigenvalue weighted by molar-refractivity contribution is 7.14. The Bertz CT molecular complexity index is 828. The second kappa shape index (κ2) is 10.4. The van der Waals surface area contributed by atoms with Crippen LogP contribution in [0.15, 0.2) is 12.1 Å². The highest BCUT2D eigenvalue weighted by Gasteiger charge is 2.19. The summed E-state index contributed by atoms with van der Waals surface area (Å²) in [6.07, 6.45) is 1.32. The summed E-state index contributed by atoms with van der Waals surface area (Å²) in [7, 11) is 0. The largest absolute Gasteiger partial charge is 0.490 e. The summed E-state index contributed by atoms with van der Waals surface area (Å²) < 4.78 is 5.66. The molecule has 160 valence electrons. The summed E-state index contributed by atoms with van der Waals surface area (Å²) in [6, 6.07) is 4.08. The van der Waals surface area contributed by atoms with Gasteiger partial charge in [-0.25, -0.2) is 0 Å². The molecule has 0 radical (unpaired) electrons. The highest BCUT2D eigenvalue weighted by atomic mass is 32.1. The highest BCUT2D eigenvalue weighted by Crippen LogP contribution is 2.31. The van der Waals surface area contributed by atoms with Gasteiger partial charge < -0.3 is 14.9 Å². The molecule has 0 unspecified atom stereocenters. The number of ketones is 1. The minimum absolute atomic E-state index is 0.0612. The van der Waals surface area contributed by atoms with Gasteiger partial charge in [0.2, 0.25) is 0 Å². The van der Waals surface area contributed by atoms with Crippen LogP contribution in [0.2, 0.25) is 0 Å².